The van der Waals surface area contributed by atoms with E-state index in [2.05, 4.69) is 9.78 Å². The van der Waals surface area contributed by atoms with Gasteiger partial charge in [-0.2, -0.15) is 0 Å². The summed E-state index contributed by atoms with van der Waals surface area (Å²) in [5, 5.41) is 0. The first-order valence-corrected chi connectivity index (χ1v) is 2.77. The highest BCUT2D eigenvalue weighted by molar-refractivity contribution is 6.18. The van der Waals surface area contributed by atoms with Crippen molar-refractivity contribution >= 4 is 11.6 Å². The molecule has 0 aromatic carbocycles. The lowest BCUT2D eigenvalue weighted by molar-refractivity contribution is -0.248. The molecule has 3 heteroatoms. The maximum Gasteiger partial charge on any atom is 0.0885 e. The first-order valence-electron chi connectivity index (χ1n) is 2.24. The van der Waals surface area contributed by atoms with Gasteiger partial charge in [0.2, 0.25) is 0 Å². The van der Waals surface area contributed by atoms with Crippen molar-refractivity contribution in [2.24, 2.45) is 5.92 Å². The number of hydrogen-bond donors (Lipinski definition) is 0. The molecule has 1 heterocycles. The lowest BCUT2D eigenvalue weighted by Crippen LogP contribution is -2.03. The quantitative estimate of drug-likeness (QED) is 0.379. The Morgan fingerprint density at radius 2 is 2.00 bits per heavy atom. The summed E-state index contributed by atoms with van der Waals surface area (Å²) in [5.41, 5.74) is 0. The molecule has 42 valence electrons. The predicted octanol–water partition coefficient (Wildman–Crippen LogP) is 0.803. The van der Waals surface area contributed by atoms with Gasteiger partial charge >= 0.3 is 0 Å². The SMILES string of the molecule is ClCC1COOC1. The van der Waals surface area contributed by atoms with E-state index in [1.54, 1.807) is 0 Å². The third kappa shape index (κ3) is 1.30. The second-order valence-corrected chi connectivity index (χ2v) is 1.90. The van der Waals surface area contributed by atoms with Crippen molar-refractivity contribution in [2.75, 3.05) is 19.1 Å². The molecule has 1 saturated heterocycles. The summed E-state index contributed by atoms with van der Waals surface area (Å²) in [6.07, 6.45) is 0. The van der Waals surface area contributed by atoms with Crippen LogP contribution in [0.3, 0.4) is 0 Å². The highest BCUT2D eigenvalue weighted by atomic mass is 35.5. The normalized spacial score (nSPS) is 23.6. The minimum Gasteiger partial charge on any atom is -0.236 e. The van der Waals surface area contributed by atoms with E-state index in [9.17, 15) is 0 Å². The maximum absolute atomic E-state index is 5.45. The Balaban J connectivity index is 2.14. The average molecular weight is 123 g/mol. The van der Waals surface area contributed by atoms with E-state index in [0.717, 1.165) is 0 Å². The molecule has 0 N–H and O–H groups in total. The van der Waals surface area contributed by atoms with Gasteiger partial charge in [0, 0.05) is 11.8 Å². The van der Waals surface area contributed by atoms with E-state index in [0.29, 0.717) is 25.0 Å². The summed E-state index contributed by atoms with van der Waals surface area (Å²) < 4.78 is 0. The lowest BCUT2D eigenvalue weighted by atomic mass is 10.2. The van der Waals surface area contributed by atoms with Gasteiger partial charge in [0.05, 0.1) is 13.2 Å². The predicted molar refractivity (Wildman–Crippen MR) is 26.1 cm³/mol. The van der Waals surface area contributed by atoms with Crippen molar-refractivity contribution < 1.29 is 9.78 Å². The van der Waals surface area contributed by atoms with E-state index < -0.39 is 0 Å². The van der Waals surface area contributed by atoms with Crippen LogP contribution in [0.15, 0.2) is 0 Å². The van der Waals surface area contributed by atoms with E-state index in [1.165, 1.54) is 0 Å². The number of hydrogen-bond acceptors (Lipinski definition) is 2. The highest BCUT2D eigenvalue weighted by Gasteiger charge is 2.14. The number of rotatable bonds is 1. The van der Waals surface area contributed by atoms with Crippen LogP contribution in [-0.2, 0) is 9.78 Å². The van der Waals surface area contributed by atoms with Crippen molar-refractivity contribution in [3.8, 4) is 0 Å². The third-order valence-electron chi connectivity index (χ3n) is 0.909. The Labute approximate surface area is 47.3 Å². The second kappa shape index (κ2) is 2.50. The summed E-state index contributed by atoms with van der Waals surface area (Å²) in [4.78, 5) is 9.13. The maximum atomic E-state index is 5.45. The zero-order chi connectivity index (χ0) is 5.11. The third-order valence-corrected chi connectivity index (χ3v) is 1.35. The molecule has 7 heavy (non-hydrogen) atoms. The van der Waals surface area contributed by atoms with Gasteiger partial charge in [-0.15, -0.1) is 11.6 Å². The Kier molecular flexibility index (Phi) is 1.91. The molecule has 0 bridgehead atoms. The van der Waals surface area contributed by atoms with Gasteiger partial charge in [0.25, 0.3) is 0 Å². The highest BCUT2D eigenvalue weighted by Crippen LogP contribution is 2.08. The summed E-state index contributed by atoms with van der Waals surface area (Å²) >= 11 is 5.45. The Morgan fingerprint density at radius 3 is 2.29 bits per heavy atom. The van der Waals surface area contributed by atoms with Crippen LogP contribution in [0.4, 0.5) is 0 Å². The van der Waals surface area contributed by atoms with Gasteiger partial charge in [-0.05, 0) is 0 Å². The molecule has 2 nitrogen and oxygen atoms in total. The van der Waals surface area contributed by atoms with Gasteiger partial charge in [0.15, 0.2) is 0 Å². The Bertz CT molecular complexity index is 51.7. The lowest BCUT2D eigenvalue weighted by Gasteiger charge is -1.92. The molecule has 0 aliphatic carbocycles. The first kappa shape index (κ1) is 5.35. The number of alkyl halides is 1. The minimum absolute atomic E-state index is 0.418. The van der Waals surface area contributed by atoms with E-state index in [-0.39, 0.29) is 0 Å². The molecule has 0 aromatic rings. The largest absolute Gasteiger partial charge is 0.236 e. The van der Waals surface area contributed by atoms with Crippen molar-refractivity contribution in [1.82, 2.24) is 0 Å². The molecule has 1 aliphatic rings. The van der Waals surface area contributed by atoms with E-state index >= 15 is 0 Å². The Hall–Kier alpha value is 0.210. The molecule has 0 radical (unpaired) electrons. The van der Waals surface area contributed by atoms with Gasteiger partial charge < -0.3 is 0 Å². The molecule has 0 aromatic heterocycles. The van der Waals surface area contributed by atoms with Gasteiger partial charge in [0.1, 0.15) is 0 Å². The average Bonchev–Trinajstić information content (AvgIpc) is 2.14. The molecule has 0 atom stereocenters. The summed E-state index contributed by atoms with van der Waals surface area (Å²) in [6.45, 7) is 1.31. The molecule has 1 fully saturated rings. The van der Waals surface area contributed by atoms with E-state index in [4.69, 9.17) is 11.6 Å². The molecule has 1 aliphatic heterocycles. The van der Waals surface area contributed by atoms with Crippen LogP contribution in [0.2, 0.25) is 0 Å². The minimum atomic E-state index is 0.418. The van der Waals surface area contributed by atoms with Crippen LogP contribution in [0.1, 0.15) is 0 Å². The van der Waals surface area contributed by atoms with Crippen molar-refractivity contribution in [3.05, 3.63) is 0 Å². The second-order valence-electron chi connectivity index (χ2n) is 1.59. The van der Waals surface area contributed by atoms with Gasteiger partial charge in [-0.25, -0.2) is 9.78 Å². The fourth-order valence-electron chi connectivity index (χ4n) is 0.426. The van der Waals surface area contributed by atoms with Crippen molar-refractivity contribution in [1.29, 1.82) is 0 Å². The molecular weight excluding hydrogens is 115 g/mol. The van der Waals surface area contributed by atoms with Crippen molar-refractivity contribution in [2.45, 2.75) is 0 Å². The van der Waals surface area contributed by atoms with Crippen LogP contribution >= 0.6 is 11.6 Å². The van der Waals surface area contributed by atoms with E-state index in [1.807, 2.05) is 0 Å². The van der Waals surface area contributed by atoms with Crippen LogP contribution < -0.4 is 0 Å². The monoisotopic (exact) mass is 122 g/mol. The number of halogens is 1. The molecule has 0 spiro atoms. The van der Waals surface area contributed by atoms with Gasteiger partial charge in [-0.1, -0.05) is 0 Å². The summed E-state index contributed by atoms with van der Waals surface area (Å²) in [5.74, 6) is 1.06. The van der Waals surface area contributed by atoms with Crippen LogP contribution in [0, 0.1) is 5.92 Å². The van der Waals surface area contributed by atoms with Crippen LogP contribution in [0.5, 0.6) is 0 Å². The molecular formula is C4H7ClO2. The fraction of sp³-hybridized carbons (Fsp3) is 1.00. The van der Waals surface area contributed by atoms with Gasteiger partial charge in [-0.3, -0.25) is 0 Å². The molecule has 0 saturated carbocycles. The molecule has 1 rings (SSSR count). The topological polar surface area (TPSA) is 18.5 Å². The fourth-order valence-corrected chi connectivity index (χ4v) is 0.604. The standard InChI is InChI=1S/C4H7ClO2/c5-1-4-2-6-7-3-4/h4H,1-3H2. The smallest absolute Gasteiger partial charge is 0.0885 e. The zero-order valence-electron chi connectivity index (χ0n) is 3.89. The first-order chi connectivity index (χ1) is 3.43. The zero-order valence-corrected chi connectivity index (χ0v) is 4.65. The molecule has 0 unspecified atom stereocenters. The molecule has 0 amide bonds. The Morgan fingerprint density at radius 1 is 1.43 bits per heavy atom. The van der Waals surface area contributed by atoms with Crippen molar-refractivity contribution in [3.63, 3.8) is 0 Å². The summed E-state index contributed by atoms with van der Waals surface area (Å²) in [6, 6.07) is 0. The van der Waals surface area contributed by atoms with Crippen LogP contribution in [0.25, 0.3) is 0 Å². The van der Waals surface area contributed by atoms with Crippen LogP contribution in [-0.4, -0.2) is 19.1 Å². The summed E-state index contributed by atoms with van der Waals surface area (Å²) in [7, 11) is 0.